The molecule has 0 aliphatic rings. The van der Waals surface area contributed by atoms with Crippen LogP contribution in [0.3, 0.4) is 0 Å². The van der Waals surface area contributed by atoms with Crippen LogP contribution < -0.4 is 10.9 Å². The number of halogens is 1. The highest BCUT2D eigenvalue weighted by Gasteiger charge is 2.08. The minimum atomic E-state index is -0.446. The van der Waals surface area contributed by atoms with Crippen molar-refractivity contribution in [3.8, 4) is 0 Å². The van der Waals surface area contributed by atoms with Crippen LogP contribution in [0, 0.1) is 11.7 Å². The summed E-state index contributed by atoms with van der Waals surface area (Å²) in [5, 5.41) is 3.06. The summed E-state index contributed by atoms with van der Waals surface area (Å²) >= 11 is 0. The molecule has 0 unspecified atom stereocenters. The molecular weight excluding hydrogens is 273 g/mol. The third-order valence-electron chi connectivity index (χ3n) is 3.15. The van der Waals surface area contributed by atoms with E-state index in [1.54, 1.807) is 0 Å². The molecule has 0 bridgehead atoms. The van der Waals surface area contributed by atoms with Crippen molar-refractivity contribution in [1.82, 2.24) is 14.9 Å². The number of nitrogens with zero attached hydrogens (tertiary/aromatic N) is 2. The summed E-state index contributed by atoms with van der Waals surface area (Å²) < 4.78 is 14.3. The number of nitrogens with one attached hydrogen (secondary N) is 1. The molecule has 1 heterocycles. The van der Waals surface area contributed by atoms with Crippen molar-refractivity contribution in [3.63, 3.8) is 0 Å². The van der Waals surface area contributed by atoms with Gasteiger partial charge in [-0.1, -0.05) is 13.8 Å². The van der Waals surface area contributed by atoms with Gasteiger partial charge in [0.15, 0.2) is 0 Å². The number of rotatable bonds is 5. The Morgan fingerprint density at radius 2 is 2.19 bits per heavy atom. The lowest BCUT2D eigenvalue weighted by atomic mass is 10.1. The summed E-state index contributed by atoms with van der Waals surface area (Å²) in [4.78, 5) is 28.0. The maximum atomic E-state index is 13.1. The fraction of sp³-hybridized carbons (Fsp3) is 0.400. The molecule has 112 valence electrons. The number of carbonyl (C=O) groups excluding carboxylic acids is 1. The average molecular weight is 291 g/mol. The SMILES string of the molecule is CC(C)CCNC(=O)Cn1cnc2cc(F)ccc2c1=O. The van der Waals surface area contributed by atoms with Gasteiger partial charge in [0.25, 0.3) is 5.56 Å². The average Bonchev–Trinajstić information content (AvgIpc) is 2.41. The van der Waals surface area contributed by atoms with Gasteiger partial charge in [-0.15, -0.1) is 0 Å². The molecule has 1 aromatic heterocycles. The number of amides is 1. The molecule has 2 rings (SSSR count). The van der Waals surface area contributed by atoms with Crippen molar-refractivity contribution >= 4 is 16.8 Å². The highest BCUT2D eigenvalue weighted by molar-refractivity contribution is 5.78. The van der Waals surface area contributed by atoms with Crippen LogP contribution in [-0.2, 0) is 11.3 Å². The lowest BCUT2D eigenvalue weighted by Crippen LogP contribution is -2.33. The minimum absolute atomic E-state index is 0.0861. The Bertz CT molecular complexity index is 710. The maximum Gasteiger partial charge on any atom is 0.261 e. The van der Waals surface area contributed by atoms with Gasteiger partial charge < -0.3 is 5.32 Å². The van der Waals surface area contributed by atoms with Crippen LogP contribution in [0.5, 0.6) is 0 Å². The molecule has 0 aliphatic carbocycles. The molecule has 0 aliphatic heterocycles. The molecule has 0 fully saturated rings. The van der Waals surface area contributed by atoms with E-state index in [0.717, 1.165) is 6.42 Å². The Hall–Kier alpha value is -2.24. The van der Waals surface area contributed by atoms with E-state index in [4.69, 9.17) is 0 Å². The van der Waals surface area contributed by atoms with Crippen LogP contribution in [0.25, 0.3) is 10.9 Å². The molecular formula is C15H18FN3O2. The van der Waals surface area contributed by atoms with Crippen LogP contribution in [-0.4, -0.2) is 22.0 Å². The van der Waals surface area contributed by atoms with Crippen molar-refractivity contribution in [1.29, 1.82) is 0 Å². The highest BCUT2D eigenvalue weighted by atomic mass is 19.1. The van der Waals surface area contributed by atoms with E-state index in [-0.39, 0.29) is 23.5 Å². The summed E-state index contributed by atoms with van der Waals surface area (Å²) in [5.74, 6) is -0.176. The molecule has 1 amide bonds. The predicted octanol–water partition coefficient (Wildman–Crippen LogP) is 1.70. The molecule has 21 heavy (non-hydrogen) atoms. The predicted molar refractivity (Wildman–Crippen MR) is 78.4 cm³/mol. The molecule has 0 radical (unpaired) electrons. The minimum Gasteiger partial charge on any atom is -0.355 e. The molecule has 0 saturated heterocycles. The van der Waals surface area contributed by atoms with Gasteiger partial charge in [0.1, 0.15) is 12.4 Å². The Kier molecular flexibility index (Phi) is 4.67. The van der Waals surface area contributed by atoms with Crippen LogP contribution in [0.15, 0.2) is 29.3 Å². The fourth-order valence-electron chi connectivity index (χ4n) is 1.96. The van der Waals surface area contributed by atoms with Gasteiger partial charge in [-0.25, -0.2) is 9.37 Å². The Balaban J connectivity index is 2.12. The van der Waals surface area contributed by atoms with Gasteiger partial charge in [0.05, 0.1) is 17.2 Å². The second-order valence-corrected chi connectivity index (χ2v) is 5.37. The molecule has 1 N–H and O–H groups in total. The third-order valence-corrected chi connectivity index (χ3v) is 3.15. The fourth-order valence-corrected chi connectivity index (χ4v) is 1.96. The van der Waals surface area contributed by atoms with E-state index in [1.807, 2.05) is 0 Å². The monoisotopic (exact) mass is 291 g/mol. The van der Waals surface area contributed by atoms with Crippen LogP contribution in [0.4, 0.5) is 4.39 Å². The summed E-state index contributed by atoms with van der Waals surface area (Å²) in [6, 6.07) is 3.79. The second kappa shape index (κ2) is 6.47. The first-order valence-electron chi connectivity index (χ1n) is 6.89. The molecule has 0 spiro atoms. The molecule has 2 aromatic rings. The van der Waals surface area contributed by atoms with Crippen LogP contribution in [0.2, 0.25) is 0 Å². The van der Waals surface area contributed by atoms with Gasteiger partial charge in [0.2, 0.25) is 5.91 Å². The lowest BCUT2D eigenvalue weighted by Gasteiger charge is -2.09. The standard InChI is InChI=1S/C15H18FN3O2/c1-10(2)5-6-17-14(20)8-19-9-18-13-7-11(16)3-4-12(13)15(19)21/h3-4,7,9-10H,5-6,8H2,1-2H3,(H,17,20). The smallest absolute Gasteiger partial charge is 0.261 e. The zero-order valence-electron chi connectivity index (χ0n) is 12.1. The summed E-state index contributed by atoms with van der Waals surface area (Å²) in [6.45, 7) is 4.64. The van der Waals surface area contributed by atoms with Gasteiger partial charge >= 0.3 is 0 Å². The van der Waals surface area contributed by atoms with E-state index < -0.39 is 5.82 Å². The van der Waals surface area contributed by atoms with Crippen molar-refractivity contribution in [3.05, 3.63) is 40.7 Å². The molecule has 1 aromatic carbocycles. The first-order chi connectivity index (χ1) is 9.97. The summed E-state index contributed by atoms with van der Waals surface area (Å²) in [5.41, 5.74) is -0.0597. The van der Waals surface area contributed by atoms with E-state index in [9.17, 15) is 14.0 Å². The molecule has 6 heteroatoms. The van der Waals surface area contributed by atoms with Gasteiger partial charge in [-0.05, 0) is 24.5 Å². The van der Waals surface area contributed by atoms with Crippen LogP contribution in [0.1, 0.15) is 20.3 Å². The number of aromatic nitrogens is 2. The summed E-state index contributed by atoms with van der Waals surface area (Å²) in [7, 11) is 0. The topological polar surface area (TPSA) is 64.0 Å². The number of carbonyl (C=O) groups is 1. The van der Waals surface area contributed by atoms with E-state index in [0.29, 0.717) is 17.8 Å². The molecule has 5 nitrogen and oxygen atoms in total. The van der Waals surface area contributed by atoms with E-state index >= 15 is 0 Å². The molecule has 0 atom stereocenters. The Morgan fingerprint density at radius 1 is 1.43 bits per heavy atom. The number of fused-ring (bicyclic) bond motifs is 1. The zero-order chi connectivity index (χ0) is 15.4. The van der Waals surface area contributed by atoms with Crippen LogP contribution >= 0.6 is 0 Å². The number of hydrogen-bond donors (Lipinski definition) is 1. The Morgan fingerprint density at radius 3 is 2.90 bits per heavy atom. The van der Waals surface area contributed by atoms with Gasteiger partial charge in [0, 0.05) is 12.6 Å². The van der Waals surface area contributed by atoms with Gasteiger partial charge in [-0.2, -0.15) is 0 Å². The first kappa shape index (κ1) is 15.2. The lowest BCUT2D eigenvalue weighted by molar-refractivity contribution is -0.121. The van der Waals surface area contributed by atoms with E-state index in [1.165, 1.54) is 29.1 Å². The summed E-state index contributed by atoms with van der Waals surface area (Å²) in [6.07, 6.45) is 2.15. The first-order valence-corrected chi connectivity index (χ1v) is 6.89. The largest absolute Gasteiger partial charge is 0.355 e. The second-order valence-electron chi connectivity index (χ2n) is 5.37. The van der Waals surface area contributed by atoms with Crippen molar-refractivity contribution in [2.24, 2.45) is 5.92 Å². The number of benzene rings is 1. The van der Waals surface area contributed by atoms with Crippen molar-refractivity contribution in [2.45, 2.75) is 26.8 Å². The highest BCUT2D eigenvalue weighted by Crippen LogP contribution is 2.08. The van der Waals surface area contributed by atoms with Crippen molar-refractivity contribution in [2.75, 3.05) is 6.54 Å². The maximum absolute atomic E-state index is 13.1. The van der Waals surface area contributed by atoms with Crippen molar-refractivity contribution < 1.29 is 9.18 Å². The number of hydrogen-bond acceptors (Lipinski definition) is 3. The molecule has 0 saturated carbocycles. The quantitative estimate of drug-likeness (QED) is 0.912. The normalized spacial score (nSPS) is 11.0. The Labute approximate surface area is 121 Å². The van der Waals surface area contributed by atoms with E-state index in [2.05, 4.69) is 24.1 Å². The third kappa shape index (κ3) is 3.87. The zero-order valence-corrected chi connectivity index (χ0v) is 12.1. The van der Waals surface area contributed by atoms with Gasteiger partial charge in [-0.3, -0.25) is 14.2 Å².